The number of carbonyl (C=O) groups is 1. The summed E-state index contributed by atoms with van der Waals surface area (Å²) in [7, 11) is 0. The number of amides is 1. The molecule has 2 aromatic heterocycles. The summed E-state index contributed by atoms with van der Waals surface area (Å²) in [6.45, 7) is 2.89. The van der Waals surface area contributed by atoms with Crippen LogP contribution in [0.3, 0.4) is 0 Å². The van der Waals surface area contributed by atoms with E-state index in [9.17, 15) is 4.79 Å². The lowest BCUT2D eigenvalue weighted by Crippen LogP contribution is -2.24. The summed E-state index contributed by atoms with van der Waals surface area (Å²) >= 11 is 3.21. The van der Waals surface area contributed by atoms with Gasteiger partial charge in [-0.15, -0.1) is 23.1 Å². The minimum absolute atomic E-state index is 0.0201. The smallest absolute Gasteiger partial charge is 0.230 e. The van der Waals surface area contributed by atoms with Crippen molar-refractivity contribution < 1.29 is 9.53 Å². The standard InChI is InChI=1S/C20H21N3O2S2/c1-15-23-18(13-27-15)12-26-14-20(24)22-10-16-5-4-7-19(9-16)25-11-17-6-2-3-8-21-17/h2-9,13H,10-12,14H2,1H3,(H,22,24). The van der Waals surface area contributed by atoms with Gasteiger partial charge in [0.1, 0.15) is 12.4 Å². The maximum Gasteiger partial charge on any atom is 0.230 e. The topological polar surface area (TPSA) is 64.1 Å². The van der Waals surface area contributed by atoms with Gasteiger partial charge in [-0.05, 0) is 36.8 Å². The number of aryl methyl sites for hydroxylation is 1. The molecule has 0 unspecified atom stereocenters. The first-order valence-electron chi connectivity index (χ1n) is 8.56. The Morgan fingerprint density at radius 2 is 2.15 bits per heavy atom. The molecule has 0 aliphatic heterocycles. The summed E-state index contributed by atoms with van der Waals surface area (Å²) in [6, 6.07) is 13.5. The molecule has 3 rings (SSSR count). The monoisotopic (exact) mass is 399 g/mol. The van der Waals surface area contributed by atoms with Crippen LogP contribution in [-0.4, -0.2) is 21.6 Å². The average molecular weight is 400 g/mol. The van der Waals surface area contributed by atoms with Crippen LogP contribution in [0.5, 0.6) is 5.75 Å². The summed E-state index contributed by atoms with van der Waals surface area (Å²) in [5.74, 6) is 1.97. The summed E-state index contributed by atoms with van der Waals surface area (Å²) in [4.78, 5) is 20.7. The number of aromatic nitrogens is 2. The molecule has 0 fully saturated rings. The molecule has 7 heteroatoms. The zero-order valence-electron chi connectivity index (χ0n) is 15.1. The molecule has 0 spiro atoms. The number of hydrogen-bond donors (Lipinski definition) is 1. The number of nitrogens with one attached hydrogen (secondary N) is 1. The second kappa shape index (κ2) is 10.1. The molecule has 1 amide bonds. The van der Waals surface area contributed by atoms with Crippen molar-refractivity contribution >= 4 is 29.0 Å². The molecule has 0 bridgehead atoms. The molecule has 3 aromatic rings. The van der Waals surface area contributed by atoms with Gasteiger partial charge in [-0.3, -0.25) is 9.78 Å². The quantitative estimate of drug-likeness (QED) is 0.590. The van der Waals surface area contributed by atoms with Crippen LogP contribution >= 0.6 is 23.1 Å². The van der Waals surface area contributed by atoms with E-state index >= 15 is 0 Å². The summed E-state index contributed by atoms with van der Waals surface area (Å²) in [5, 5.41) is 6.04. The highest BCUT2D eigenvalue weighted by molar-refractivity contribution is 7.99. The van der Waals surface area contributed by atoms with Gasteiger partial charge in [-0.1, -0.05) is 18.2 Å². The van der Waals surface area contributed by atoms with Gasteiger partial charge in [0.05, 0.1) is 22.1 Å². The maximum atomic E-state index is 12.0. The number of rotatable bonds is 9. The van der Waals surface area contributed by atoms with Crippen molar-refractivity contribution in [3.63, 3.8) is 0 Å². The summed E-state index contributed by atoms with van der Waals surface area (Å²) in [5.41, 5.74) is 2.92. The number of thiazole rings is 1. The summed E-state index contributed by atoms with van der Waals surface area (Å²) < 4.78 is 5.77. The molecule has 0 atom stereocenters. The molecule has 0 radical (unpaired) electrons. The van der Waals surface area contributed by atoms with E-state index in [1.165, 1.54) is 0 Å². The minimum Gasteiger partial charge on any atom is -0.487 e. The minimum atomic E-state index is 0.0201. The van der Waals surface area contributed by atoms with E-state index in [0.717, 1.165) is 33.5 Å². The van der Waals surface area contributed by atoms with Crippen LogP contribution in [0, 0.1) is 6.92 Å². The molecule has 27 heavy (non-hydrogen) atoms. The lowest BCUT2D eigenvalue weighted by molar-refractivity contribution is -0.118. The van der Waals surface area contributed by atoms with E-state index in [1.807, 2.05) is 54.8 Å². The molecule has 1 N–H and O–H groups in total. The van der Waals surface area contributed by atoms with E-state index in [0.29, 0.717) is 18.9 Å². The van der Waals surface area contributed by atoms with Crippen molar-refractivity contribution in [2.75, 3.05) is 5.75 Å². The van der Waals surface area contributed by atoms with Gasteiger partial charge in [0.2, 0.25) is 5.91 Å². The largest absolute Gasteiger partial charge is 0.487 e. The van der Waals surface area contributed by atoms with E-state index in [1.54, 1.807) is 29.3 Å². The van der Waals surface area contributed by atoms with Gasteiger partial charge in [0.25, 0.3) is 0 Å². The van der Waals surface area contributed by atoms with Crippen molar-refractivity contribution in [2.24, 2.45) is 0 Å². The third-order valence-corrected chi connectivity index (χ3v) is 5.44. The highest BCUT2D eigenvalue weighted by Crippen LogP contribution is 2.16. The fraction of sp³-hybridized carbons (Fsp3) is 0.250. The first-order valence-corrected chi connectivity index (χ1v) is 10.6. The molecule has 0 aliphatic carbocycles. The Balaban J connectivity index is 1.40. The van der Waals surface area contributed by atoms with E-state index < -0.39 is 0 Å². The van der Waals surface area contributed by atoms with Gasteiger partial charge in [0.15, 0.2) is 0 Å². The number of pyridine rings is 1. The molecule has 0 saturated carbocycles. The lowest BCUT2D eigenvalue weighted by Gasteiger charge is -2.09. The number of carbonyl (C=O) groups excluding carboxylic acids is 1. The first-order chi connectivity index (χ1) is 13.2. The van der Waals surface area contributed by atoms with Crippen LogP contribution in [0.15, 0.2) is 54.0 Å². The Morgan fingerprint density at radius 1 is 1.22 bits per heavy atom. The Bertz CT molecular complexity index is 868. The molecule has 0 aliphatic rings. The maximum absolute atomic E-state index is 12.0. The highest BCUT2D eigenvalue weighted by Gasteiger charge is 2.05. The zero-order chi connectivity index (χ0) is 18.9. The third-order valence-electron chi connectivity index (χ3n) is 3.65. The molecular weight excluding hydrogens is 378 g/mol. The molecule has 140 valence electrons. The number of thioether (sulfide) groups is 1. The van der Waals surface area contributed by atoms with Crippen LogP contribution in [0.25, 0.3) is 0 Å². The van der Waals surface area contributed by atoms with Crippen molar-refractivity contribution in [1.29, 1.82) is 0 Å². The Kier molecular flexibility index (Phi) is 7.24. The van der Waals surface area contributed by atoms with Gasteiger partial charge in [-0.2, -0.15) is 0 Å². The second-order valence-electron chi connectivity index (χ2n) is 5.88. The zero-order valence-corrected chi connectivity index (χ0v) is 16.7. The number of nitrogens with zero attached hydrogens (tertiary/aromatic N) is 2. The molecular formula is C20H21N3O2S2. The second-order valence-corrected chi connectivity index (χ2v) is 7.93. The predicted molar refractivity (Wildman–Crippen MR) is 110 cm³/mol. The molecule has 1 aromatic carbocycles. The number of benzene rings is 1. The number of ether oxygens (including phenoxy) is 1. The highest BCUT2D eigenvalue weighted by atomic mass is 32.2. The fourth-order valence-electron chi connectivity index (χ4n) is 2.36. The van der Waals surface area contributed by atoms with E-state index in [-0.39, 0.29) is 5.91 Å². The van der Waals surface area contributed by atoms with Gasteiger partial charge >= 0.3 is 0 Å². The van der Waals surface area contributed by atoms with Crippen molar-refractivity contribution in [2.45, 2.75) is 25.8 Å². The van der Waals surface area contributed by atoms with Crippen molar-refractivity contribution in [3.05, 3.63) is 76.0 Å². The van der Waals surface area contributed by atoms with Crippen LogP contribution in [0.4, 0.5) is 0 Å². The summed E-state index contributed by atoms with van der Waals surface area (Å²) in [6.07, 6.45) is 1.75. The normalized spacial score (nSPS) is 10.6. The van der Waals surface area contributed by atoms with Crippen LogP contribution in [0.1, 0.15) is 22.0 Å². The fourth-order valence-corrected chi connectivity index (χ4v) is 3.83. The Hall–Kier alpha value is -2.38. The van der Waals surface area contributed by atoms with E-state index in [2.05, 4.69) is 15.3 Å². The molecule has 0 saturated heterocycles. The molecule has 2 heterocycles. The lowest BCUT2D eigenvalue weighted by atomic mass is 10.2. The Morgan fingerprint density at radius 3 is 2.93 bits per heavy atom. The average Bonchev–Trinajstić information content (AvgIpc) is 3.11. The van der Waals surface area contributed by atoms with Gasteiger partial charge in [0, 0.05) is 23.9 Å². The van der Waals surface area contributed by atoms with Gasteiger partial charge < -0.3 is 10.1 Å². The first kappa shape index (κ1) is 19.4. The SMILES string of the molecule is Cc1nc(CSCC(=O)NCc2cccc(OCc3ccccn3)c2)cs1. The third kappa shape index (κ3) is 6.69. The van der Waals surface area contributed by atoms with Gasteiger partial charge in [-0.25, -0.2) is 4.98 Å². The van der Waals surface area contributed by atoms with Crippen LogP contribution in [-0.2, 0) is 23.7 Å². The van der Waals surface area contributed by atoms with Crippen molar-refractivity contribution in [3.8, 4) is 5.75 Å². The van der Waals surface area contributed by atoms with Crippen LogP contribution in [0.2, 0.25) is 0 Å². The Labute approximate surface area is 167 Å². The number of hydrogen-bond acceptors (Lipinski definition) is 6. The van der Waals surface area contributed by atoms with E-state index in [4.69, 9.17) is 4.74 Å². The molecule has 5 nitrogen and oxygen atoms in total. The predicted octanol–water partition coefficient (Wildman–Crippen LogP) is 3.98. The van der Waals surface area contributed by atoms with Crippen molar-refractivity contribution in [1.82, 2.24) is 15.3 Å². The van der Waals surface area contributed by atoms with Crippen LogP contribution < -0.4 is 10.1 Å².